The van der Waals surface area contributed by atoms with E-state index >= 15 is 0 Å². The summed E-state index contributed by atoms with van der Waals surface area (Å²) in [5.74, 6) is 0.536. The number of nitrogens with zero attached hydrogens (tertiary/aromatic N) is 2. The van der Waals surface area contributed by atoms with Gasteiger partial charge in [0.15, 0.2) is 0 Å². The Balaban J connectivity index is 1.98. The van der Waals surface area contributed by atoms with Gasteiger partial charge >= 0.3 is 0 Å². The lowest BCUT2D eigenvalue weighted by atomic mass is 10.0. The molecule has 0 saturated carbocycles. The molecular weight excluding hydrogens is 236 g/mol. The fourth-order valence-electron chi connectivity index (χ4n) is 2.01. The molecule has 3 N–H and O–H groups in total. The molecule has 0 spiro atoms. The predicted molar refractivity (Wildman–Crippen MR) is 78.1 cm³/mol. The summed E-state index contributed by atoms with van der Waals surface area (Å²) < 4.78 is 1.89. The number of nitrogens with two attached hydrogens (primary N) is 1. The number of benzene rings is 1. The third kappa shape index (κ3) is 3.66. The third-order valence-electron chi connectivity index (χ3n) is 3.28. The van der Waals surface area contributed by atoms with Crippen LogP contribution in [-0.2, 0) is 6.54 Å². The van der Waals surface area contributed by atoms with Gasteiger partial charge in [-0.2, -0.15) is 5.10 Å². The molecular formula is C15H22N4. The van der Waals surface area contributed by atoms with Gasteiger partial charge in [-0.25, -0.2) is 4.68 Å². The number of para-hydroxylation sites is 1. The SMILES string of the molecule is CC(C)C(CN)NCc1cnn(-c2ccccc2)c1. The van der Waals surface area contributed by atoms with E-state index in [1.807, 2.05) is 41.2 Å². The van der Waals surface area contributed by atoms with Crippen molar-refractivity contribution in [3.63, 3.8) is 0 Å². The molecule has 0 fully saturated rings. The quantitative estimate of drug-likeness (QED) is 0.832. The first-order valence-electron chi connectivity index (χ1n) is 6.73. The van der Waals surface area contributed by atoms with Crippen LogP contribution in [-0.4, -0.2) is 22.4 Å². The maximum absolute atomic E-state index is 5.75. The van der Waals surface area contributed by atoms with Gasteiger partial charge in [0.05, 0.1) is 11.9 Å². The van der Waals surface area contributed by atoms with Crippen molar-refractivity contribution in [2.45, 2.75) is 26.4 Å². The summed E-state index contributed by atoms with van der Waals surface area (Å²) in [5.41, 5.74) is 8.00. The predicted octanol–water partition coefficient (Wildman–Crippen LogP) is 1.95. The topological polar surface area (TPSA) is 55.9 Å². The molecule has 0 saturated heterocycles. The summed E-state index contributed by atoms with van der Waals surface area (Å²) in [4.78, 5) is 0. The molecule has 0 aliphatic rings. The van der Waals surface area contributed by atoms with Gasteiger partial charge < -0.3 is 11.1 Å². The van der Waals surface area contributed by atoms with Crippen molar-refractivity contribution in [3.05, 3.63) is 48.3 Å². The largest absolute Gasteiger partial charge is 0.329 e. The van der Waals surface area contributed by atoms with Gasteiger partial charge in [-0.1, -0.05) is 32.0 Å². The van der Waals surface area contributed by atoms with E-state index < -0.39 is 0 Å². The summed E-state index contributed by atoms with van der Waals surface area (Å²) in [5, 5.41) is 7.85. The van der Waals surface area contributed by atoms with Crippen molar-refractivity contribution < 1.29 is 0 Å². The Morgan fingerprint density at radius 1 is 1.26 bits per heavy atom. The Morgan fingerprint density at radius 3 is 2.63 bits per heavy atom. The molecule has 1 heterocycles. The molecule has 0 radical (unpaired) electrons. The lowest BCUT2D eigenvalue weighted by Crippen LogP contribution is -2.39. The molecule has 1 aromatic carbocycles. The molecule has 1 unspecified atom stereocenters. The smallest absolute Gasteiger partial charge is 0.0645 e. The fourth-order valence-corrected chi connectivity index (χ4v) is 2.01. The number of rotatable bonds is 6. The van der Waals surface area contributed by atoms with Gasteiger partial charge in [0.1, 0.15) is 0 Å². The van der Waals surface area contributed by atoms with Crippen molar-refractivity contribution in [2.24, 2.45) is 11.7 Å². The summed E-state index contributed by atoms with van der Waals surface area (Å²) in [7, 11) is 0. The van der Waals surface area contributed by atoms with Gasteiger partial charge in [-0.3, -0.25) is 0 Å². The lowest BCUT2D eigenvalue weighted by Gasteiger charge is -2.19. The standard InChI is InChI=1S/C15H22N4/c1-12(2)15(8-16)17-9-13-10-18-19(11-13)14-6-4-3-5-7-14/h3-7,10-12,15,17H,8-9,16H2,1-2H3. The van der Waals surface area contributed by atoms with E-state index in [0.29, 0.717) is 18.5 Å². The van der Waals surface area contributed by atoms with Crippen molar-refractivity contribution in [1.29, 1.82) is 0 Å². The molecule has 2 aromatic rings. The van der Waals surface area contributed by atoms with Crippen LogP contribution in [0, 0.1) is 5.92 Å². The van der Waals surface area contributed by atoms with Gasteiger partial charge in [0, 0.05) is 30.9 Å². The maximum atomic E-state index is 5.75. The first-order valence-corrected chi connectivity index (χ1v) is 6.73. The van der Waals surface area contributed by atoms with Crippen LogP contribution in [0.2, 0.25) is 0 Å². The van der Waals surface area contributed by atoms with E-state index in [0.717, 1.165) is 12.2 Å². The molecule has 4 nitrogen and oxygen atoms in total. The Hall–Kier alpha value is -1.65. The molecule has 19 heavy (non-hydrogen) atoms. The van der Waals surface area contributed by atoms with Crippen LogP contribution >= 0.6 is 0 Å². The zero-order chi connectivity index (χ0) is 13.7. The zero-order valence-electron chi connectivity index (χ0n) is 11.6. The van der Waals surface area contributed by atoms with E-state index in [1.165, 1.54) is 5.56 Å². The van der Waals surface area contributed by atoms with Crippen molar-refractivity contribution in [3.8, 4) is 5.69 Å². The minimum atomic E-state index is 0.347. The van der Waals surface area contributed by atoms with E-state index in [9.17, 15) is 0 Å². The molecule has 0 aliphatic heterocycles. The summed E-state index contributed by atoms with van der Waals surface area (Å²) >= 11 is 0. The van der Waals surface area contributed by atoms with Gasteiger partial charge in [0.25, 0.3) is 0 Å². The highest BCUT2D eigenvalue weighted by atomic mass is 15.3. The molecule has 4 heteroatoms. The summed E-state index contributed by atoms with van der Waals surface area (Å²) in [6.45, 7) is 5.81. The monoisotopic (exact) mass is 258 g/mol. The molecule has 0 aliphatic carbocycles. The summed E-state index contributed by atoms with van der Waals surface area (Å²) in [6, 6.07) is 10.5. The highest BCUT2D eigenvalue weighted by Crippen LogP contribution is 2.08. The normalized spacial score (nSPS) is 12.8. The average molecular weight is 258 g/mol. The molecule has 0 bridgehead atoms. The molecule has 102 valence electrons. The first-order chi connectivity index (χ1) is 9.20. The Kier molecular flexibility index (Phi) is 4.71. The van der Waals surface area contributed by atoms with Crippen LogP contribution in [0.5, 0.6) is 0 Å². The van der Waals surface area contributed by atoms with Crippen LogP contribution < -0.4 is 11.1 Å². The Bertz CT molecular complexity index is 490. The first kappa shape index (κ1) is 13.8. The number of nitrogens with one attached hydrogen (secondary N) is 1. The maximum Gasteiger partial charge on any atom is 0.0645 e. The highest BCUT2D eigenvalue weighted by Gasteiger charge is 2.10. The van der Waals surface area contributed by atoms with Crippen LogP contribution in [0.25, 0.3) is 5.69 Å². The number of aromatic nitrogens is 2. The van der Waals surface area contributed by atoms with Crippen LogP contribution in [0.3, 0.4) is 0 Å². The second kappa shape index (κ2) is 6.50. The molecule has 2 rings (SSSR count). The number of hydrogen-bond donors (Lipinski definition) is 2. The van der Waals surface area contributed by atoms with Crippen molar-refractivity contribution >= 4 is 0 Å². The van der Waals surface area contributed by atoms with Gasteiger partial charge in [-0.15, -0.1) is 0 Å². The minimum Gasteiger partial charge on any atom is -0.329 e. The van der Waals surface area contributed by atoms with E-state index in [2.05, 4.69) is 30.5 Å². The van der Waals surface area contributed by atoms with Gasteiger partial charge in [0.2, 0.25) is 0 Å². The van der Waals surface area contributed by atoms with Crippen LogP contribution in [0.4, 0.5) is 0 Å². The lowest BCUT2D eigenvalue weighted by molar-refractivity contribution is 0.405. The Morgan fingerprint density at radius 2 is 2.00 bits per heavy atom. The fraction of sp³-hybridized carbons (Fsp3) is 0.400. The van der Waals surface area contributed by atoms with E-state index in [-0.39, 0.29) is 0 Å². The third-order valence-corrected chi connectivity index (χ3v) is 3.28. The molecule has 1 atom stereocenters. The minimum absolute atomic E-state index is 0.347. The highest BCUT2D eigenvalue weighted by molar-refractivity contribution is 5.30. The van der Waals surface area contributed by atoms with E-state index in [1.54, 1.807) is 0 Å². The average Bonchev–Trinajstić information content (AvgIpc) is 2.89. The molecule has 0 amide bonds. The Labute approximate surface area is 114 Å². The van der Waals surface area contributed by atoms with Crippen molar-refractivity contribution in [2.75, 3.05) is 6.54 Å². The van der Waals surface area contributed by atoms with Crippen LogP contribution in [0.15, 0.2) is 42.7 Å². The van der Waals surface area contributed by atoms with Crippen LogP contribution in [0.1, 0.15) is 19.4 Å². The van der Waals surface area contributed by atoms with Crippen molar-refractivity contribution in [1.82, 2.24) is 15.1 Å². The zero-order valence-corrected chi connectivity index (χ0v) is 11.6. The van der Waals surface area contributed by atoms with E-state index in [4.69, 9.17) is 5.73 Å². The second-order valence-corrected chi connectivity index (χ2v) is 5.10. The molecule has 1 aromatic heterocycles. The van der Waals surface area contributed by atoms with Gasteiger partial charge in [-0.05, 0) is 18.1 Å². The number of hydrogen-bond acceptors (Lipinski definition) is 3. The second-order valence-electron chi connectivity index (χ2n) is 5.10. The summed E-state index contributed by atoms with van der Waals surface area (Å²) in [6.07, 6.45) is 3.95.